The number of unbranched alkanes of at least 4 members (excludes halogenated alkanes) is 5. The van der Waals surface area contributed by atoms with Crippen molar-refractivity contribution in [2.45, 2.75) is 45.4 Å². The molecule has 0 heterocycles. The molecule has 0 saturated heterocycles. The number of hydrogen-bond acceptors (Lipinski definition) is 3. The lowest BCUT2D eigenvalue weighted by Gasteiger charge is -1.97. The number of nitrogens with two attached hydrogens (primary N) is 1. The molecule has 0 spiro atoms. The van der Waals surface area contributed by atoms with Crippen LogP contribution in [0, 0.1) is 15.3 Å². The first-order valence-electron chi connectivity index (χ1n) is 5.24. The van der Waals surface area contributed by atoms with Crippen LogP contribution >= 0.6 is 0 Å². The van der Waals surface area contributed by atoms with Gasteiger partial charge in [0.25, 0.3) is 0 Å². The van der Waals surface area contributed by atoms with E-state index in [-0.39, 0.29) is 0 Å². The molecule has 0 aliphatic heterocycles. The summed E-state index contributed by atoms with van der Waals surface area (Å²) < 4.78 is 0. The van der Waals surface area contributed by atoms with Gasteiger partial charge in [0.05, 0.1) is 18.7 Å². The van der Waals surface area contributed by atoms with E-state index in [1.54, 1.807) is 0 Å². The highest BCUT2D eigenvalue weighted by atomic mass is 16.9. The van der Waals surface area contributed by atoms with E-state index in [0.29, 0.717) is 0 Å². The Bertz CT molecular complexity index is 109. The maximum Gasteiger partial charge on any atom is 0.0753 e. The molecular formula is C9H22N2O3. The Morgan fingerprint density at radius 1 is 1.07 bits per heavy atom. The molecule has 0 aromatic rings. The molecule has 0 aromatic heterocycles. The van der Waals surface area contributed by atoms with E-state index in [1.165, 1.54) is 45.1 Å². The first-order chi connectivity index (χ1) is 6.65. The molecule has 0 atom stereocenters. The lowest BCUT2D eigenvalue weighted by molar-refractivity contribution is -0.627. The van der Waals surface area contributed by atoms with E-state index < -0.39 is 5.09 Å². The predicted octanol–water partition coefficient (Wildman–Crippen LogP) is 1.30. The molecule has 0 aliphatic rings. The van der Waals surface area contributed by atoms with E-state index in [9.17, 15) is 0 Å². The molecule has 5 nitrogen and oxygen atoms in total. The van der Waals surface area contributed by atoms with Crippen LogP contribution in [0.15, 0.2) is 0 Å². The third-order valence-electron chi connectivity index (χ3n) is 1.85. The summed E-state index contributed by atoms with van der Waals surface area (Å²) in [6.07, 6.45) is 8.52. The Balaban J connectivity index is 0. The predicted molar refractivity (Wildman–Crippen MR) is 56.5 cm³/mol. The summed E-state index contributed by atoms with van der Waals surface area (Å²) in [5.41, 5.74) is 0. The van der Waals surface area contributed by atoms with Crippen LogP contribution in [0.2, 0.25) is 0 Å². The van der Waals surface area contributed by atoms with Gasteiger partial charge >= 0.3 is 0 Å². The van der Waals surface area contributed by atoms with Crippen molar-refractivity contribution < 1.29 is 10.4 Å². The van der Waals surface area contributed by atoms with Crippen LogP contribution in [0.5, 0.6) is 0 Å². The van der Waals surface area contributed by atoms with Gasteiger partial charge in [-0.2, -0.15) is 0 Å². The van der Waals surface area contributed by atoms with Crippen molar-refractivity contribution >= 4 is 0 Å². The summed E-state index contributed by atoms with van der Waals surface area (Å²) in [5.74, 6) is 0. The van der Waals surface area contributed by atoms with Crippen LogP contribution in [-0.4, -0.2) is 18.7 Å². The number of rotatable bonds is 7. The standard InChI is InChI=1S/C9H21N.NO3/c1-3-4-5-6-7-8-9-10-2;2-1(3)4/h10H,3-9H2,1-2H3;/q;-1/p+1. The Hall–Kier alpha value is -0.840. The Kier molecular flexibility index (Phi) is 16.4. The zero-order valence-corrected chi connectivity index (χ0v) is 9.20. The van der Waals surface area contributed by atoms with Crippen molar-refractivity contribution in [3.8, 4) is 0 Å². The molecule has 0 unspecified atom stereocenters. The lowest BCUT2D eigenvalue weighted by atomic mass is 10.1. The van der Waals surface area contributed by atoms with Crippen LogP contribution in [0.25, 0.3) is 0 Å². The van der Waals surface area contributed by atoms with Crippen LogP contribution in [-0.2, 0) is 0 Å². The van der Waals surface area contributed by atoms with Crippen molar-refractivity contribution in [2.75, 3.05) is 13.6 Å². The molecule has 0 amide bonds. The summed E-state index contributed by atoms with van der Waals surface area (Å²) in [6, 6.07) is 0. The Morgan fingerprint density at radius 2 is 1.50 bits per heavy atom. The lowest BCUT2D eigenvalue weighted by Crippen LogP contribution is -2.79. The van der Waals surface area contributed by atoms with Gasteiger partial charge in [-0.3, -0.25) is 0 Å². The first-order valence-corrected chi connectivity index (χ1v) is 5.24. The minimum atomic E-state index is -1.75. The maximum atomic E-state index is 8.25. The van der Waals surface area contributed by atoms with Crippen molar-refractivity contribution in [1.82, 2.24) is 0 Å². The average Bonchev–Trinajstić information content (AvgIpc) is 2.10. The third kappa shape index (κ3) is 30.4. The molecule has 0 saturated carbocycles. The van der Waals surface area contributed by atoms with Gasteiger partial charge in [-0.05, 0) is 12.8 Å². The first kappa shape index (κ1) is 15.6. The minimum absolute atomic E-state index is 1.31. The van der Waals surface area contributed by atoms with Gasteiger partial charge in [-0.15, -0.1) is 0 Å². The van der Waals surface area contributed by atoms with Crippen LogP contribution in [0.3, 0.4) is 0 Å². The monoisotopic (exact) mass is 206 g/mol. The van der Waals surface area contributed by atoms with Crippen molar-refractivity contribution in [2.24, 2.45) is 0 Å². The molecule has 0 fully saturated rings. The molecule has 5 heteroatoms. The van der Waals surface area contributed by atoms with E-state index in [0.717, 1.165) is 0 Å². The fourth-order valence-corrected chi connectivity index (χ4v) is 1.13. The normalized spacial score (nSPS) is 9.00. The second-order valence-electron chi connectivity index (χ2n) is 3.19. The SMILES string of the molecule is CCCCCCCC[NH2+]C.O=[N+]([O-])[O-]. The van der Waals surface area contributed by atoms with Gasteiger partial charge in [-0.25, -0.2) is 0 Å². The molecule has 0 radical (unpaired) electrons. The summed E-state index contributed by atoms with van der Waals surface area (Å²) in [4.78, 5) is 8.25. The number of quaternary nitrogens is 1. The highest BCUT2D eigenvalue weighted by Gasteiger charge is 1.88. The quantitative estimate of drug-likeness (QED) is 0.387. The summed E-state index contributed by atoms with van der Waals surface area (Å²) in [7, 11) is 2.14. The molecule has 2 N–H and O–H groups in total. The highest BCUT2D eigenvalue weighted by Crippen LogP contribution is 2.03. The number of hydrogen-bond donors (Lipinski definition) is 1. The fourth-order valence-electron chi connectivity index (χ4n) is 1.13. The summed E-state index contributed by atoms with van der Waals surface area (Å²) >= 11 is 0. The van der Waals surface area contributed by atoms with Crippen LogP contribution in [0.4, 0.5) is 0 Å². The van der Waals surface area contributed by atoms with Crippen LogP contribution in [0.1, 0.15) is 45.4 Å². The average molecular weight is 206 g/mol. The third-order valence-corrected chi connectivity index (χ3v) is 1.85. The number of nitrogens with zero attached hydrogens (tertiary/aromatic N) is 1. The largest absolute Gasteiger partial charge is 0.356 e. The Morgan fingerprint density at radius 3 is 1.93 bits per heavy atom. The highest BCUT2D eigenvalue weighted by molar-refractivity contribution is 4.41. The molecule has 86 valence electrons. The van der Waals surface area contributed by atoms with Gasteiger partial charge in [0.1, 0.15) is 0 Å². The zero-order chi connectivity index (χ0) is 11.2. The van der Waals surface area contributed by atoms with Crippen molar-refractivity contribution in [3.63, 3.8) is 0 Å². The van der Waals surface area contributed by atoms with Crippen molar-refractivity contribution in [3.05, 3.63) is 15.3 Å². The van der Waals surface area contributed by atoms with E-state index in [1.807, 2.05) is 0 Å². The molecule has 0 aliphatic carbocycles. The topological polar surface area (TPSA) is 82.8 Å². The maximum absolute atomic E-state index is 8.25. The smallest absolute Gasteiger partial charge is 0.0753 e. The zero-order valence-electron chi connectivity index (χ0n) is 9.20. The summed E-state index contributed by atoms with van der Waals surface area (Å²) in [5, 5.41) is 17.0. The van der Waals surface area contributed by atoms with Gasteiger partial charge < -0.3 is 20.6 Å². The van der Waals surface area contributed by atoms with E-state index >= 15 is 0 Å². The summed E-state index contributed by atoms with van der Waals surface area (Å²) in [6.45, 7) is 3.58. The molecular weight excluding hydrogens is 184 g/mol. The molecule has 0 aromatic carbocycles. The fraction of sp³-hybridized carbons (Fsp3) is 1.00. The van der Waals surface area contributed by atoms with Gasteiger partial charge in [-0.1, -0.05) is 32.6 Å². The second-order valence-corrected chi connectivity index (χ2v) is 3.19. The van der Waals surface area contributed by atoms with Crippen LogP contribution < -0.4 is 5.32 Å². The molecule has 14 heavy (non-hydrogen) atoms. The minimum Gasteiger partial charge on any atom is -0.356 e. The van der Waals surface area contributed by atoms with Gasteiger partial charge in [0.2, 0.25) is 0 Å². The Labute approximate surface area is 85.6 Å². The van der Waals surface area contributed by atoms with Gasteiger partial charge in [0, 0.05) is 0 Å². The van der Waals surface area contributed by atoms with Gasteiger partial charge in [0.15, 0.2) is 0 Å². The van der Waals surface area contributed by atoms with Crippen molar-refractivity contribution in [1.29, 1.82) is 0 Å². The van der Waals surface area contributed by atoms with E-state index in [2.05, 4.69) is 19.3 Å². The second kappa shape index (κ2) is 14.7. The molecule has 0 rings (SSSR count). The molecule has 0 bridgehead atoms. The van der Waals surface area contributed by atoms with E-state index in [4.69, 9.17) is 15.3 Å².